The zero-order chi connectivity index (χ0) is 10.6. The van der Waals surface area contributed by atoms with Crippen LogP contribution in [0.4, 0.5) is 5.82 Å². The molecule has 1 aromatic rings. The summed E-state index contributed by atoms with van der Waals surface area (Å²) in [5.41, 5.74) is 0. The molecule has 1 unspecified atom stereocenters. The number of anilines is 1. The molecule has 78 valence electrons. The predicted molar refractivity (Wildman–Crippen MR) is 60.2 cm³/mol. The number of aromatic nitrogens is 2. The molecule has 1 heterocycles. The van der Waals surface area contributed by atoms with Crippen molar-refractivity contribution in [2.24, 2.45) is 0 Å². The minimum Gasteiger partial charge on any atom is -0.481 e. The fourth-order valence-corrected chi connectivity index (χ4v) is 1.56. The number of ether oxygens (including phenoxy) is 1. The Balaban J connectivity index is 2.73. The van der Waals surface area contributed by atoms with Crippen LogP contribution in [0.2, 0.25) is 0 Å². The van der Waals surface area contributed by atoms with Crippen LogP contribution in [0.15, 0.2) is 12.4 Å². The summed E-state index contributed by atoms with van der Waals surface area (Å²) in [5, 5.41) is 0. The molecule has 0 radical (unpaired) electrons. The molecule has 0 amide bonds. The molecule has 0 saturated heterocycles. The highest BCUT2D eigenvalue weighted by molar-refractivity contribution is 9.09. The van der Waals surface area contributed by atoms with Crippen LogP contribution in [0.25, 0.3) is 0 Å². The zero-order valence-corrected chi connectivity index (χ0v) is 10.2. The highest BCUT2D eigenvalue weighted by atomic mass is 79.9. The second-order valence-electron chi connectivity index (χ2n) is 3.08. The second-order valence-corrected chi connectivity index (χ2v) is 4.64. The van der Waals surface area contributed by atoms with E-state index in [1.807, 2.05) is 18.0 Å². The van der Waals surface area contributed by atoms with E-state index in [2.05, 4.69) is 32.8 Å². The molecule has 14 heavy (non-hydrogen) atoms. The Kier molecular flexibility index (Phi) is 4.13. The molecule has 0 bridgehead atoms. The first kappa shape index (κ1) is 11.2. The summed E-state index contributed by atoms with van der Waals surface area (Å²) >= 11 is 3.49. The smallest absolute Gasteiger partial charge is 0.218 e. The molecule has 1 atom stereocenters. The van der Waals surface area contributed by atoms with E-state index in [-0.39, 0.29) is 0 Å². The number of halogens is 1. The lowest BCUT2D eigenvalue weighted by atomic mass is 10.4. The Morgan fingerprint density at radius 3 is 2.86 bits per heavy atom. The fourth-order valence-electron chi connectivity index (χ4n) is 1.12. The van der Waals surface area contributed by atoms with Crippen molar-refractivity contribution in [3.63, 3.8) is 0 Å². The van der Waals surface area contributed by atoms with Crippen LogP contribution < -0.4 is 9.64 Å². The molecular weight excluding hydrogens is 246 g/mol. The average Bonchev–Trinajstić information content (AvgIpc) is 2.17. The van der Waals surface area contributed by atoms with Crippen LogP contribution in [0, 0.1) is 0 Å². The van der Waals surface area contributed by atoms with Crippen molar-refractivity contribution >= 4 is 21.7 Å². The molecule has 0 aliphatic rings. The topological polar surface area (TPSA) is 38.2 Å². The first-order chi connectivity index (χ1) is 6.63. The lowest BCUT2D eigenvalue weighted by Crippen LogP contribution is -2.24. The van der Waals surface area contributed by atoms with Gasteiger partial charge in [0.2, 0.25) is 5.88 Å². The lowest BCUT2D eigenvalue weighted by Gasteiger charge is -2.19. The van der Waals surface area contributed by atoms with Gasteiger partial charge in [0.1, 0.15) is 12.1 Å². The van der Waals surface area contributed by atoms with E-state index in [1.54, 1.807) is 7.11 Å². The van der Waals surface area contributed by atoms with Gasteiger partial charge in [-0.15, -0.1) is 0 Å². The first-order valence-electron chi connectivity index (χ1n) is 4.34. The highest BCUT2D eigenvalue weighted by Gasteiger charge is 2.06. The van der Waals surface area contributed by atoms with Crippen molar-refractivity contribution in [2.75, 3.05) is 25.6 Å². The summed E-state index contributed by atoms with van der Waals surface area (Å²) in [7, 11) is 3.58. The van der Waals surface area contributed by atoms with Crippen molar-refractivity contribution < 1.29 is 4.74 Å². The normalized spacial score (nSPS) is 12.3. The molecule has 0 saturated carbocycles. The van der Waals surface area contributed by atoms with Crippen LogP contribution in [-0.4, -0.2) is 35.5 Å². The number of hydrogen-bond donors (Lipinski definition) is 0. The van der Waals surface area contributed by atoms with Gasteiger partial charge in [0.05, 0.1) is 7.11 Å². The molecule has 4 nitrogen and oxygen atoms in total. The van der Waals surface area contributed by atoms with Gasteiger partial charge in [-0.3, -0.25) is 0 Å². The van der Waals surface area contributed by atoms with E-state index >= 15 is 0 Å². The van der Waals surface area contributed by atoms with Crippen LogP contribution >= 0.6 is 15.9 Å². The molecule has 1 aromatic heterocycles. The summed E-state index contributed by atoms with van der Waals surface area (Å²) in [5.74, 6) is 1.45. The van der Waals surface area contributed by atoms with E-state index < -0.39 is 0 Å². The van der Waals surface area contributed by atoms with E-state index in [4.69, 9.17) is 4.74 Å². The van der Waals surface area contributed by atoms with E-state index in [9.17, 15) is 0 Å². The molecule has 0 aliphatic carbocycles. The van der Waals surface area contributed by atoms with Gasteiger partial charge in [-0.1, -0.05) is 22.9 Å². The second kappa shape index (κ2) is 5.14. The van der Waals surface area contributed by atoms with Crippen LogP contribution in [-0.2, 0) is 0 Å². The van der Waals surface area contributed by atoms with Crippen molar-refractivity contribution in [3.8, 4) is 5.88 Å². The first-order valence-corrected chi connectivity index (χ1v) is 5.26. The maximum atomic E-state index is 5.02. The fraction of sp³-hybridized carbons (Fsp3) is 0.556. The van der Waals surface area contributed by atoms with Crippen molar-refractivity contribution in [3.05, 3.63) is 12.4 Å². The van der Waals surface area contributed by atoms with Gasteiger partial charge in [0, 0.05) is 24.5 Å². The van der Waals surface area contributed by atoms with Crippen LogP contribution in [0.3, 0.4) is 0 Å². The molecule has 0 aromatic carbocycles. The number of nitrogens with zero attached hydrogens (tertiary/aromatic N) is 3. The maximum Gasteiger partial charge on any atom is 0.218 e. The lowest BCUT2D eigenvalue weighted by molar-refractivity contribution is 0.397. The van der Waals surface area contributed by atoms with Crippen molar-refractivity contribution in [1.29, 1.82) is 0 Å². The van der Waals surface area contributed by atoms with Gasteiger partial charge in [-0.2, -0.15) is 0 Å². The van der Waals surface area contributed by atoms with Crippen LogP contribution in [0.5, 0.6) is 5.88 Å². The van der Waals surface area contributed by atoms with Gasteiger partial charge < -0.3 is 9.64 Å². The number of hydrogen-bond acceptors (Lipinski definition) is 4. The molecule has 5 heteroatoms. The molecule has 0 N–H and O–H groups in total. The van der Waals surface area contributed by atoms with E-state index in [0.29, 0.717) is 10.7 Å². The number of rotatable bonds is 4. The predicted octanol–water partition coefficient (Wildman–Crippen LogP) is 1.70. The van der Waals surface area contributed by atoms with Gasteiger partial charge in [-0.05, 0) is 0 Å². The highest BCUT2D eigenvalue weighted by Crippen LogP contribution is 2.15. The summed E-state index contributed by atoms with van der Waals surface area (Å²) in [4.78, 5) is 10.6. The molecule has 0 spiro atoms. The maximum absolute atomic E-state index is 5.02. The quantitative estimate of drug-likeness (QED) is 0.772. The minimum absolute atomic E-state index is 0.425. The standard InChI is InChI=1S/C9H14BrN3O/c1-7(10)5-13(2)8-4-9(14-3)12-6-11-8/h4,6-7H,5H2,1-3H3. The molecular formula is C9H14BrN3O. The Morgan fingerprint density at radius 1 is 1.57 bits per heavy atom. The third kappa shape index (κ3) is 3.14. The third-order valence-electron chi connectivity index (χ3n) is 1.75. The summed E-state index contributed by atoms with van der Waals surface area (Å²) in [6.07, 6.45) is 1.50. The largest absolute Gasteiger partial charge is 0.481 e. The number of alkyl halides is 1. The van der Waals surface area contributed by atoms with Crippen molar-refractivity contribution in [2.45, 2.75) is 11.8 Å². The van der Waals surface area contributed by atoms with Gasteiger partial charge in [0.15, 0.2) is 0 Å². The average molecular weight is 260 g/mol. The van der Waals surface area contributed by atoms with Crippen molar-refractivity contribution in [1.82, 2.24) is 9.97 Å². The molecule has 0 aliphatic heterocycles. The Bertz CT molecular complexity index is 293. The zero-order valence-electron chi connectivity index (χ0n) is 8.57. The Hall–Kier alpha value is -0.840. The molecule has 1 rings (SSSR count). The van der Waals surface area contributed by atoms with Gasteiger partial charge in [-0.25, -0.2) is 9.97 Å². The Morgan fingerprint density at radius 2 is 2.29 bits per heavy atom. The summed E-state index contributed by atoms with van der Waals surface area (Å²) in [6.45, 7) is 2.98. The van der Waals surface area contributed by atoms with E-state index in [0.717, 1.165) is 12.4 Å². The van der Waals surface area contributed by atoms with Gasteiger partial charge >= 0.3 is 0 Å². The van der Waals surface area contributed by atoms with Gasteiger partial charge in [0.25, 0.3) is 0 Å². The van der Waals surface area contributed by atoms with Crippen LogP contribution in [0.1, 0.15) is 6.92 Å². The molecule has 0 fully saturated rings. The summed E-state index contributed by atoms with van der Waals surface area (Å²) < 4.78 is 5.02. The Labute approximate surface area is 92.4 Å². The third-order valence-corrected chi connectivity index (χ3v) is 2.04. The SMILES string of the molecule is COc1cc(N(C)CC(C)Br)ncn1. The summed E-state index contributed by atoms with van der Waals surface area (Å²) in [6, 6.07) is 1.81. The number of methoxy groups -OCH3 is 1. The van der Waals surface area contributed by atoms with E-state index in [1.165, 1.54) is 6.33 Å². The minimum atomic E-state index is 0.425. The monoisotopic (exact) mass is 259 g/mol.